The Morgan fingerprint density at radius 1 is 0.411 bits per heavy atom. The topological polar surface area (TPSA) is 30.9 Å². The molecule has 5 heteroatoms. The van der Waals surface area contributed by atoms with Crippen LogP contribution < -0.4 is 4.90 Å². The Morgan fingerprint density at radius 3 is 1.64 bits per heavy atom. The highest BCUT2D eigenvalue weighted by molar-refractivity contribution is 6.19. The predicted octanol–water partition coefficient (Wildman–Crippen LogP) is 12.1. The second-order valence-electron chi connectivity index (χ2n) is 15.2. The molecule has 0 saturated carbocycles. The van der Waals surface area contributed by atoms with Crippen molar-refractivity contribution in [1.82, 2.24) is 18.7 Å². The summed E-state index contributed by atoms with van der Waals surface area (Å²) in [5, 5.41) is 4.99. The van der Waals surface area contributed by atoms with E-state index in [1.807, 2.05) is 0 Å². The second kappa shape index (κ2) is 10.6. The third-order valence-corrected chi connectivity index (χ3v) is 12.6. The van der Waals surface area contributed by atoms with Crippen LogP contribution in [0.5, 0.6) is 0 Å². The molecular weight excluding hydrogens is 683 g/mol. The van der Waals surface area contributed by atoms with Crippen molar-refractivity contribution >= 4 is 66.3 Å². The number of hydrogen-bond acceptors (Lipinski definition) is 2. The molecule has 262 valence electrons. The minimum Gasteiger partial charge on any atom is -0.315 e. The molecule has 1 aliphatic heterocycles. The molecule has 8 aromatic carbocycles. The van der Waals surface area contributed by atoms with E-state index in [-0.39, 0.29) is 0 Å². The van der Waals surface area contributed by atoms with Crippen molar-refractivity contribution in [2.45, 2.75) is 5.54 Å². The van der Waals surface area contributed by atoms with E-state index in [2.05, 4.69) is 208 Å². The number of hydrogen-bond donors (Lipinski definition) is 0. The molecule has 0 radical (unpaired) electrons. The Hall–Kier alpha value is -7.37. The summed E-state index contributed by atoms with van der Waals surface area (Å²) in [6.07, 6.45) is 0. The summed E-state index contributed by atoms with van der Waals surface area (Å²) in [5.41, 5.74) is 16.0. The summed E-state index contributed by atoms with van der Waals surface area (Å²) < 4.78 is 7.37. The normalized spacial score (nSPS) is 13.9. The van der Waals surface area contributed by atoms with Crippen molar-refractivity contribution in [3.05, 3.63) is 199 Å². The molecule has 0 unspecified atom stereocenters. The monoisotopic (exact) mass is 715 g/mol. The first-order chi connectivity index (χ1) is 27.7. The van der Waals surface area contributed by atoms with Gasteiger partial charge in [0.2, 0.25) is 5.95 Å². The van der Waals surface area contributed by atoms with E-state index in [4.69, 9.17) is 4.98 Å². The molecular formula is C51H33N5. The lowest BCUT2D eigenvalue weighted by atomic mass is 9.77. The summed E-state index contributed by atoms with van der Waals surface area (Å²) in [5.74, 6) is 0.929. The third-order valence-electron chi connectivity index (χ3n) is 12.6. The summed E-state index contributed by atoms with van der Waals surface area (Å²) in [7, 11) is 2.17. The average molecular weight is 716 g/mol. The van der Waals surface area contributed by atoms with Gasteiger partial charge in [0, 0.05) is 45.5 Å². The van der Waals surface area contributed by atoms with Gasteiger partial charge in [-0.3, -0.25) is 4.57 Å². The Kier molecular flexibility index (Phi) is 5.71. The smallest absolute Gasteiger partial charge is 0.212 e. The molecule has 11 aromatic rings. The third kappa shape index (κ3) is 3.58. The van der Waals surface area contributed by atoms with E-state index in [9.17, 15) is 0 Å². The van der Waals surface area contributed by atoms with E-state index in [1.165, 1.54) is 71.4 Å². The summed E-state index contributed by atoms with van der Waals surface area (Å²) in [6, 6.07) is 66.8. The molecule has 0 fully saturated rings. The van der Waals surface area contributed by atoms with Gasteiger partial charge in [0.15, 0.2) is 0 Å². The molecule has 0 saturated heterocycles. The van der Waals surface area contributed by atoms with Crippen molar-refractivity contribution in [2.24, 2.45) is 0 Å². The Bertz CT molecular complexity index is 3410. The van der Waals surface area contributed by atoms with Gasteiger partial charge in [0.05, 0.1) is 38.8 Å². The minimum absolute atomic E-state index is 0.609. The van der Waals surface area contributed by atoms with Crippen LogP contribution in [0.15, 0.2) is 182 Å². The van der Waals surface area contributed by atoms with Gasteiger partial charge in [-0.05, 0) is 82.9 Å². The van der Waals surface area contributed by atoms with E-state index in [0.717, 1.165) is 34.0 Å². The average Bonchev–Trinajstić information content (AvgIpc) is 3.98. The van der Waals surface area contributed by atoms with Crippen LogP contribution in [0.1, 0.15) is 16.7 Å². The van der Waals surface area contributed by atoms with Gasteiger partial charge >= 0.3 is 0 Å². The molecule has 0 atom stereocenters. The van der Waals surface area contributed by atoms with Crippen molar-refractivity contribution < 1.29 is 0 Å². The van der Waals surface area contributed by atoms with E-state index in [0.29, 0.717) is 0 Å². The van der Waals surface area contributed by atoms with Crippen molar-refractivity contribution in [3.8, 4) is 22.5 Å². The number of fused-ring (bicyclic) bond motifs is 17. The highest BCUT2D eigenvalue weighted by Crippen LogP contribution is 2.60. The lowest BCUT2D eigenvalue weighted by Gasteiger charge is -2.43. The molecule has 1 spiro atoms. The Balaban J connectivity index is 1.14. The summed E-state index contributed by atoms with van der Waals surface area (Å²) in [6.45, 7) is 0. The van der Waals surface area contributed by atoms with Crippen LogP contribution in [0.25, 0.3) is 77.1 Å². The van der Waals surface area contributed by atoms with Gasteiger partial charge in [0.25, 0.3) is 0 Å². The maximum absolute atomic E-state index is 5.36. The highest BCUT2D eigenvalue weighted by Gasteiger charge is 2.52. The largest absolute Gasteiger partial charge is 0.315 e. The molecule has 3 aromatic heterocycles. The molecule has 4 heterocycles. The number of para-hydroxylation sites is 5. The molecule has 56 heavy (non-hydrogen) atoms. The number of nitrogens with zero attached hydrogens (tertiary/aromatic N) is 5. The highest BCUT2D eigenvalue weighted by atomic mass is 15.4. The van der Waals surface area contributed by atoms with E-state index in [1.54, 1.807) is 0 Å². The van der Waals surface area contributed by atoms with E-state index < -0.39 is 5.54 Å². The lowest BCUT2D eigenvalue weighted by Crippen LogP contribution is -2.42. The number of imidazole rings is 1. The molecule has 13 rings (SSSR count). The summed E-state index contributed by atoms with van der Waals surface area (Å²) >= 11 is 0. The Morgan fingerprint density at radius 2 is 0.964 bits per heavy atom. The zero-order valence-corrected chi connectivity index (χ0v) is 30.6. The molecule has 0 bridgehead atoms. The fourth-order valence-corrected chi connectivity index (χ4v) is 10.3. The lowest BCUT2D eigenvalue weighted by molar-refractivity contribution is 0.530. The van der Waals surface area contributed by atoms with Crippen LogP contribution >= 0.6 is 0 Å². The van der Waals surface area contributed by atoms with E-state index >= 15 is 0 Å². The zero-order chi connectivity index (χ0) is 36.7. The fourth-order valence-electron chi connectivity index (χ4n) is 10.3. The molecule has 0 amide bonds. The van der Waals surface area contributed by atoms with Crippen LogP contribution in [0.3, 0.4) is 0 Å². The zero-order valence-electron chi connectivity index (χ0n) is 30.6. The fraction of sp³-hybridized carbons (Fsp3) is 0.0392. The number of anilines is 2. The van der Waals surface area contributed by atoms with Crippen LogP contribution in [0.2, 0.25) is 0 Å². The number of rotatable bonds is 2. The molecule has 5 nitrogen and oxygen atoms in total. The van der Waals surface area contributed by atoms with Crippen LogP contribution in [-0.4, -0.2) is 25.7 Å². The molecule has 2 aliphatic rings. The van der Waals surface area contributed by atoms with Gasteiger partial charge < -0.3 is 14.0 Å². The molecule has 1 aliphatic carbocycles. The van der Waals surface area contributed by atoms with Crippen LogP contribution in [0.4, 0.5) is 11.6 Å². The number of aromatic nitrogens is 4. The maximum atomic E-state index is 5.36. The van der Waals surface area contributed by atoms with Crippen LogP contribution in [0, 0.1) is 0 Å². The van der Waals surface area contributed by atoms with Gasteiger partial charge in [-0.1, -0.05) is 121 Å². The predicted molar refractivity (Wildman–Crippen MR) is 230 cm³/mol. The van der Waals surface area contributed by atoms with Crippen molar-refractivity contribution in [2.75, 3.05) is 11.9 Å². The number of benzene rings is 8. The first-order valence-electron chi connectivity index (χ1n) is 19.3. The quantitative estimate of drug-likeness (QED) is 0.178. The van der Waals surface area contributed by atoms with Crippen molar-refractivity contribution in [1.29, 1.82) is 0 Å². The Labute approximate surface area is 322 Å². The van der Waals surface area contributed by atoms with Gasteiger partial charge in [-0.2, -0.15) is 0 Å². The standard InChI is InChI=1S/C51H33N5/c1-53-49-29-33(27-28-42(49)51(56-46-26-14-11-23-43(46)52-50(53)56)40-21-9-5-17-34(40)35-18-6-10-22-41(35)51)55-45-25-13-8-20-37(45)39-30-38-36-19-7-12-24-44(36)54(47(38)31-48(39)55)32-15-3-2-4-16-32/h2-31H,1H3. The van der Waals surface area contributed by atoms with Gasteiger partial charge in [-0.25, -0.2) is 4.98 Å². The van der Waals surface area contributed by atoms with Gasteiger partial charge in [-0.15, -0.1) is 0 Å². The summed E-state index contributed by atoms with van der Waals surface area (Å²) in [4.78, 5) is 7.66. The second-order valence-corrected chi connectivity index (χ2v) is 15.2. The SMILES string of the molecule is CN1c2cc(-n3c4ccccc4c4cc5c6ccccc6n(-c6ccccc6)c5cc43)ccc2C2(c3ccccc3-c3ccccc32)n2c1nc1ccccc12. The first kappa shape index (κ1) is 30.0. The maximum Gasteiger partial charge on any atom is 0.212 e. The van der Waals surface area contributed by atoms with Crippen LogP contribution in [-0.2, 0) is 5.54 Å². The molecule has 0 N–H and O–H groups in total. The van der Waals surface area contributed by atoms with Crippen molar-refractivity contribution in [3.63, 3.8) is 0 Å². The van der Waals surface area contributed by atoms with Gasteiger partial charge in [0.1, 0.15) is 5.54 Å². The first-order valence-corrected chi connectivity index (χ1v) is 19.3. The minimum atomic E-state index is -0.609.